The minimum Gasteiger partial charge on any atom is -0.465 e. The highest BCUT2D eigenvalue weighted by molar-refractivity contribution is 6.34. The number of aldehydes is 1. The normalized spacial score (nSPS) is 9.64. The summed E-state index contributed by atoms with van der Waals surface area (Å²) in [6, 6.07) is 3.03. The lowest BCUT2D eigenvalue weighted by Gasteiger charge is -2.06. The number of methoxy groups -OCH3 is 1. The number of benzene rings is 1. The molecule has 1 aromatic carbocycles. The number of halogens is 1. The first-order valence-corrected chi connectivity index (χ1v) is 4.31. The molecule has 14 heavy (non-hydrogen) atoms. The van der Waals surface area contributed by atoms with E-state index >= 15 is 0 Å². The molecule has 3 nitrogen and oxygen atoms in total. The molecule has 0 amide bonds. The quantitative estimate of drug-likeness (QED) is 0.558. The van der Waals surface area contributed by atoms with Gasteiger partial charge in [-0.1, -0.05) is 11.6 Å². The molecule has 0 heterocycles. The van der Waals surface area contributed by atoms with Crippen LogP contribution in [0.1, 0.15) is 26.3 Å². The second kappa shape index (κ2) is 4.24. The van der Waals surface area contributed by atoms with E-state index in [0.717, 1.165) is 0 Å². The lowest BCUT2D eigenvalue weighted by molar-refractivity contribution is 0.0600. The molecule has 0 unspecified atom stereocenters. The molecule has 0 aliphatic rings. The zero-order chi connectivity index (χ0) is 10.7. The Bertz CT molecular complexity index is 362. The van der Waals surface area contributed by atoms with Gasteiger partial charge in [0.15, 0.2) is 0 Å². The number of rotatable bonds is 2. The van der Waals surface area contributed by atoms with Crippen molar-refractivity contribution in [1.82, 2.24) is 0 Å². The minimum absolute atomic E-state index is 0.235. The predicted molar refractivity (Wildman–Crippen MR) is 52.9 cm³/mol. The Hall–Kier alpha value is -1.35. The largest absolute Gasteiger partial charge is 0.465 e. The molecule has 0 fully saturated rings. The molecule has 0 saturated heterocycles. The van der Waals surface area contributed by atoms with Crippen molar-refractivity contribution in [3.05, 3.63) is 33.8 Å². The van der Waals surface area contributed by atoms with E-state index in [-0.39, 0.29) is 5.02 Å². The summed E-state index contributed by atoms with van der Waals surface area (Å²) in [5, 5.41) is 0.235. The van der Waals surface area contributed by atoms with E-state index in [1.807, 2.05) is 0 Å². The van der Waals surface area contributed by atoms with Crippen LogP contribution >= 0.6 is 11.6 Å². The maximum Gasteiger partial charge on any atom is 0.339 e. The van der Waals surface area contributed by atoms with Gasteiger partial charge in [-0.3, -0.25) is 4.79 Å². The topological polar surface area (TPSA) is 43.4 Å². The summed E-state index contributed by atoms with van der Waals surface area (Å²) in [4.78, 5) is 21.7. The number of hydrogen-bond acceptors (Lipinski definition) is 3. The summed E-state index contributed by atoms with van der Waals surface area (Å²) in [6.07, 6.45) is 0.680. The van der Waals surface area contributed by atoms with Gasteiger partial charge in [0.25, 0.3) is 0 Å². The number of carbonyl (C=O) groups excluding carboxylic acids is 2. The van der Waals surface area contributed by atoms with Gasteiger partial charge in [-0.2, -0.15) is 0 Å². The van der Waals surface area contributed by atoms with Crippen LogP contribution in [-0.2, 0) is 4.74 Å². The van der Waals surface area contributed by atoms with Gasteiger partial charge in [-0.15, -0.1) is 0 Å². The van der Waals surface area contributed by atoms with Gasteiger partial charge < -0.3 is 4.74 Å². The Morgan fingerprint density at radius 2 is 2.14 bits per heavy atom. The summed E-state index contributed by atoms with van der Waals surface area (Å²) in [6.45, 7) is 1.70. The van der Waals surface area contributed by atoms with Crippen LogP contribution < -0.4 is 0 Å². The fourth-order valence-corrected chi connectivity index (χ4v) is 1.55. The van der Waals surface area contributed by atoms with Crippen molar-refractivity contribution in [3.63, 3.8) is 0 Å². The first-order chi connectivity index (χ1) is 6.60. The molecule has 1 aromatic rings. The summed E-state index contributed by atoms with van der Waals surface area (Å²) < 4.78 is 4.56. The molecule has 0 spiro atoms. The van der Waals surface area contributed by atoms with Crippen LogP contribution in [0.5, 0.6) is 0 Å². The van der Waals surface area contributed by atoms with Crippen LogP contribution in [0.2, 0.25) is 5.02 Å². The Morgan fingerprint density at radius 3 is 2.57 bits per heavy atom. The predicted octanol–water partition coefficient (Wildman–Crippen LogP) is 2.25. The molecule has 1 rings (SSSR count). The molecule has 0 N–H and O–H groups in total. The van der Waals surface area contributed by atoms with Gasteiger partial charge >= 0.3 is 5.97 Å². The van der Waals surface area contributed by atoms with E-state index in [0.29, 0.717) is 23.0 Å². The van der Waals surface area contributed by atoms with Gasteiger partial charge in [-0.05, 0) is 24.6 Å². The van der Waals surface area contributed by atoms with Gasteiger partial charge in [0, 0.05) is 5.56 Å². The summed E-state index contributed by atoms with van der Waals surface area (Å²) in [5.74, 6) is -0.495. The third-order valence-electron chi connectivity index (χ3n) is 1.84. The highest BCUT2D eigenvalue weighted by Gasteiger charge is 2.14. The van der Waals surface area contributed by atoms with Gasteiger partial charge in [0.1, 0.15) is 6.29 Å². The van der Waals surface area contributed by atoms with E-state index in [9.17, 15) is 9.59 Å². The minimum atomic E-state index is -0.495. The average molecular weight is 213 g/mol. The standard InChI is InChI=1S/C10H9ClO3/c1-6-3-7(5-12)4-8(11)9(6)10(13)14-2/h3-5H,1-2H3. The lowest BCUT2D eigenvalue weighted by Crippen LogP contribution is -2.05. The molecule has 0 radical (unpaired) electrons. The monoisotopic (exact) mass is 212 g/mol. The summed E-state index contributed by atoms with van der Waals surface area (Å²) >= 11 is 5.83. The lowest BCUT2D eigenvalue weighted by atomic mass is 10.1. The van der Waals surface area contributed by atoms with E-state index < -0.39 is 5.97 Å². The SMILES string of the molecule is COC(=O)c1c(C)cc(C=O)cc1Cl. The number of hydrogen-bond donors (Lipinski definition) is 0. The van der Waals surface area contributed by atoms with E-state index in [1.165, 1.54) is 13.2 Å². The molecule has 4 heteroatoms. The van der Waals surface area contributed by atoms with Crippen molar-refractivity contribution >= 4 is 23.9 Å². The highest BCUT2D eigenvalue weighted by Crippen LogP contribution is 2.22. The van der Waals surface area contributed by atoms with Crippen LogP contribution in [-0.4, -0.2) is 19.4 Å². The Kier molecular flexibility index (Phi) is 3.25. The third-order valence-corrected chi connectivity index (χ3v) is 2.13. The molecule has 0 saturated carbocycles. The van der Waals surface area contributed by atoms with Gasteiger partial charge in [0.05, 0.1) is 17.7 Å². The average Bonchev–Trinajstić information content (AvgIpc) is 2.16. The smallest absolute Gasteiger partial charge is 0.339 e. The molecule has 0 aliphatic carbocycles. The third kappa shape index (κ3) is 1.93. The molecule has 0 aliphatic heterocycles. The highest BCUT2D eigenvalue weighted by atomic mass is 35.5. The molecule has 0 bridgehead atoms. The Labute approximate surface area is 86.6 Å². The fraction of sp³-hybridized carbons (Fsp3) is 0.200. The summed E-state index contributed by atoms with van der Waals surface area (Å²) in [7, 11) is 1.28. The Morgan fingerprint density at radius 1 is 1.50 bits per heavy atom. The Balaban J connectivity index is 3.31. The van der Waals surface area contributed by atoms with E-state index in [1.54, 1.807) is 13.0 Å². The van der Waals surface area contributed by atoms with Crippen molar-refractivity contribution in [2.75, 3.05) is 7.11 Å². The van der Waals surface area contributed by atoms with Crippen molar-refractivity contribution in [3.8, 4) is 0 Å². The van der Waals surface area contributed by atoms with Crippen molar-refractivity contribution < 1.29 is 14.3 Å². The van der Waals surface area contributed by atoms with Crippen molar-refractivity contribution in [2.24, 2.45) is 0 Å². The van der Waals surface area contributed by atoms with Gasteiger partial charge in [0.2, 0.25) is 0 Å². The molecular weight excluding hydrogens is 204 g/mol. The number of esters is 1. The van der Waals surface area contributed by atoms with Crippen molar-refractivity contribution in [2.45, 2.75) is 6.92 Å². The van der Waals surface area contributed by atoms with Crippen molar-refractivity contribution in [1.29, 1.82) is 0 Å². The van der Waals surface area contributed by atoms with Crippen LogP contribution in [0.25, 0.3) is 0 Å². The van der Waals surface area contributed by atoms with Crippen LogP contribution in [0.3, 0.4) is 0 Å². The maximum atomic E-state index is 11.3. The number of carbonyl (C=O) groups is 2. The number of aryl methyl sites for hydroxylation is 1. The maximum absolute atomic E-state index is 11.3. The van der Waals surface area contributed by atoms with Crippen LogP contribution in [0.4, 0.5) is 0 Å². The molecule has 74 valence electrons. The zero-order valence-electron chi connectivity index (χ0n) is 7.83. The molecular formula is C10H9ClO3. The van der Waals surface area contributed by atoms with Gasteiger partial charge in [-0.25, -0.2) is 4.79 Å². The van der Waals surface area contributed by atoms with E-state index in [4.69, 9.17) is 11.6 Å². The second-order valence-corrected chi connectivity index (χ2v) is 3.21. The van der Waals surface area contributed by atoms with Crippen LogP contribution in [0, 0.1) is 6.92 Å². The van der Waals surface area contributed by atoms with Crippen LogP contribution in [0.15, 0.2) is 12.1 Å². The fourth-order valence-electron chi connectivity index (χ4n) is 1.20. The van der Waals surface area contributed by atoms with E-state index in [2.05, 4.69) is 4.74 Å². The second-order valence-electron chi connectivity index (χ2n) is 2.80. The molecule has 0 aromatic heterocycles. The zero-order valence-corrected chi connectivity index (χ0v) is 8.59. The number of ether oxygens (including phenoxy) is 1. The molecule has 0 atom stereocenters. The first-order valence-electron chi connectivity index (χ1n) is 3.93. The first kappa shape index (κ1) is 10.7. The summed E-state index contributed by atoms with van der Waals surface area (Å²) in [5.41, 5.74) is 1.38.